The number of nitrogens with zero attached hydrogens (tertiary/aromatic N) is 3. The Bertz CT molecular complexity index is 520. The van der Waals surface area contributed by atoms with Gasteiger partial charge in [0.1, 0.15) is 6.04 Å². The Balaban J connectivity index is 2.39. The molecule has 1 aliphatic heterocycles. The summed E-state index contributed by atoms with van der Waals surface area (Å²) in [6, 6.07) is 9.93. The molecule has 0 spiro atoms. The lowest BCUT2D eigenvalue weighted by atomic mass is 10.0. The highest BCUT2D eigenvalue weighted by molar-refractivity contribution is 5.87. The normalized spacial score (nSPS) is 23.4. The molecule has 1 amide bonds. The van der Waals surface area contributed by atoms with Crippen LogP contribution in [0.2, 0.25) is 0 Å². The predicted molar refractivity (Wildman–Crippen MR) is 74.8 cm³/mol. The summed E-state index contributed by atoms with van der Waals surface area (Å²) in [5.41, 5.74) is 2.19. The van der Waals surface area contributed by atoms with E-state index in [1.54, 1.807) is 4.90 Å². The first-order valence-corrected chi connectivity index (χ1v) is 6.52. The highest BCUT2D eigenvalue weighted by Gasteiger charge is 2.37. The zero-order chi connectivity index (χ0) is 14.0. The molecule has 0 radical (unpaired) electrons. The number of carbonyl (C=O) groups is 1. The van der Waals surface area contributed by atoms with Gasteiger partial charge in [-0.15, -0.1) is 0 Å². The van der Waals surface area contributed by atoms with Crippen molar-refractivity contribution in [1.82, 2.24) is 4.90 Å². The van der Waals surface area contributed by atoms with E-state index in [0.29, 0.717) is 0 Å². The van der Waals surface area contributed by atoms with Crippen LogP contribution in [0, 0.1) is 18.3 Å². The average Bonchev–Trinajstić information content (AvgIpc) is 2.40. The van der Waals surface area contributed by atoms with E-state index < -0.39 is 0 Å². The Labute approximate surface area is 114 Å². The van der Waals surface area contributed by atoms with Gasteiger partial charge in [0.25, 0.3) is 0 Å². The molecule has 1 heterocycles. The first-order chi connectivity index (χ1) is 9.06. The Morgan fingerprint density at radius 3 is 2.74 bits per heavy atom. The first kappa shape index (κ1) is 13.4. The van der Waals surface area contributed by atoms with Crippen LogP contribution in [0.3, 0.4) is 0 Å². The van der Waals surface area contributed by atoms with Gasteiger partial charge in [0.15, 0.2) is 0 Å². The lowest BCUT2D eigenvalue weighted by Gasteiger charge is -2.44. The van der Waals surface area contributed by atoms with E-state index in [0.717, 1.165) is 17.8 Å². The van der Waals surface area contributed by atoms with Crippen molar-refractivity contribution in [2.24, 2.45) is 0 Å². The fourth-order valence-corrected chi connectivity index (χ4v) is 2.56. The molecule has 2 atom stereocenters. The van der Waals surface area contributed by atoms with E-state index >= 15 is 0 Å². The second-order valence-corrected chi connectivity index (χ2v) is 5.12. The summed E-state index contributed by atoms with van der Waals surface area (Å²) in [7, 11) is 1.81. The SMILES string of the molecule is Cc1ccccc1N1CC(C)N(C)C(=O)C1CC#N. The molecule has 19 heavy (non-hydrogen) atoms. The van der Waals surface area contributed by atoms with Gasteiger partial charge in [-0.2, -0.15) is 5.26 Å². The highest BCUT2D eigenvalue weighted by atomic mass is 16.2. The molecule has 0 N–H and O–H groups in total. The van der Waals surface area contributed by atoms with Crippen molar-refractivity contribution in [3.05, 3.63) is 29.8 Å². The molecule has 4 heteroatoms. The molecule has 1 aliphatic rings. The maximum atomic E-state index is 12.4. The summed E-state index contributed by atoms with van der Waals surface area (Å²) < 4.78 is 0. The van der Waals surface area contributed by atoms with Crippen LogP contribution >= 0.6 is 0 Å². The van der Waals surface area contributed by atoms with E-state index in [4.69, 9.17) is 5.26 Å². The van der Waals surface area contributed by atoms with Crippen LogP contribution in [0.25, 0.3) is 0 Å². The molecule has 2 rings (SSSR count). The summed E-state index contributed by atoms with van der Waals surface area (Å²) in [5, 5.41) is 8.98. The lowest BCUT2D eigenvalue weighted by Crippen LogP contribution is -2.59. The summed E-state index contributed by atoms with van der Waals surface area (Å²) >= 11 is 0. The molecule has 0 saturated carbocycles. The number of para-hydroxylation sites is 1. The predicted octanol–water partition coefficient (Wildman–Crippen LogP) is 1.94. The van der Waals surface area contributed by atoms with Crippen molar-refractivity contribution in [1.29, 1.82) is 5.26 Å². The quantitative estimate of drug-likeness (QED) is 0.813. The first-order valence-electron chi connectivity index (χ1n) is 6.52. The number of carbonyl (C=O) groups excluding carboxylic acids is 1. The molecule has 4 nitrogen and oxygen atoms in total. The third-order valence-electron chi connectivity index (χ3n) is 3.84. The van der Waals surface area contributed by atoms with E-state index in [2.05, 4.69) is 11.0 Å². The monoisotopic (exact) mass is 257 g/mol. The van der Waals surface area contributed by atoms with Crippen LogP contribution in [-0.2, 0) is 4.79 Å². The third kappa shape index (κ3) is 2.41. The molecule has 0 aliphatic carbocycles. The zero-order valence-electron chi connectivity index (χ0n) is 11.6. The van der Waals surface area contributed by atoms with Gasteiger partial charge in [0, 0.05) is 25.3 Å². The van der Waals surface area contributed by atoms with Gasteiger partial charge in [0.05, 0.1) is 12.5 Å². The van der Waals surface area contributed by atoms with Gasteiger partial charge < -0.3 is 9.80 Å². The molecule has 1 aromatic carbocycles. The van der Waals surface area contributed by atoms with Crippen molar-refractivity contribution in [2.45, 2.75) is 32.4 Å². The third-order valence-corrected chi connectivity index (χ3v) is 3.84. The summed E-state index contributed by atoms with van der Waals surface area (Å²) in [6.07, 6.45) is 0.226. The number of benzene rings is 1. The Morgan fingerprint density at radius 2 is 2.11 bits per heavy atom. The van der Waals surface area contributed by atoms with E-state index in [1.807, 2.05) is 45.2 Å². The van der Waals surface area contributed by atoms with Crippen molar-refractivity contribution in [3.8, 4) is 6.07 Å². The fourth-order valence-electron chi connectivity index (χ4n) is 2.56. The smallest absolute Gasteiger partial charge is 0.246 e. The molecule has 0 aromatic heterocycles. The minimum absolute atomic E-state index is 0.0311. The Hall–Kier alpha value is -2.02. The van der Waals surface area contributed by atoms with Crippen LogP contribution in [0.1, 0.15) is 18.9 Å². The topological polar surface area (TPSA) is 47.3 Å². The summed E-state index contributed by atoms with van der Waals surface area (Å²) in [4.78, 5) is 16.2. The van der Waals surface area contributed by atoms with Gasteiger partial charge in [-0.3, -0.25) is 4.79 Å². The molecule has 1 saturated heterocycles. The number of piperazine rings is 1. The van der Waals surface area contributed by atoms with E-state index in [1.165, 1.54) is 0 Å². The van der Waals surface area contributed by atoms with Crippen molar-refractivity contribution >= 4 is 11.6 Å². The number of aryl methyl sites for hydroxylation is 1. The molecular formula is C15H19N3O. The minimum Gasteiger partial charge on any atom is -0.356 e. The van der Waals surface area contributed by atoms with E-state index in [9.17, 15) is 4.79 Å². The van der Waals surface area contributed by atoms with Crippen LogP contribution in [-0.4, -0.2) is 36.5 Å². The van der Waals surface area contributed by atoms with Crippen LogP contribution in [0.15, 0.2) is 24.3 Å². The number of amides is 1. The maximum absolute atomic E-state index is 12.4. The van der Waals surface area contributed by atoms with Gasteiger partial charge >= 0.3 is 0 Å². The van der Waals surface area contributed by atoms with Gasteiger partial charge in [-0.25, -0.2) is 0 Å². The number of likely N-dealkylation sites (N-methyl/N-ethyl adjacent to an activating group) is 1. The number of hydrogen-bond donors (Lipinski definition) is 0. The minimum atomic E-state index is -0.368. The van der Waals surface area contributed by atoms with Crippen molar-refractivity contribution in [2.75, 3.05) is 18.5 Å². The zero-order valence-corrected chi connectivity index (χ0v) is 11.6. The van der Waals surface area contributed by atoms with Crippen LogP contribution in [0.4, 0.5) is 5.69 Å². The molecule has 1 fully saturated rings. The number of rotatable bonds is 2. The molecule has 2 unspecified atom stereocenters. The van der Waals surface area contributed by atoms with Crippen LogP contribution < -0.4 is 4.90 Å². The second kappa shape index (κ2) is 5.31. The molecule has 100 valence electrons. The fraction of sp³-hybridized carbons (Fsp3) is 0.467. The van der Waals surface area contributed by atoms with Crippen molar-refractivity contribution < 1.29 is 4.79 Å². The van der Waals surface area contributed by atoms with Gasteiger partial charge in [0.2, 0.25) is 5.91 Å². The van der Waals surface area contributed by atoms with E-state index in [-0.39, 0.29) is 24.4 Å². The highest BCUT2D eigenvalue weighted by Crippen LogP contribution is 2.27. The van der Waals surface area contributed by atoms with Crippen molar-refractivity contribution in [3.63, 3.8) is 0 Å². The maximum Gasteiger partial charge on any atom is 0.246 e. The molecular weight excluding hydrogens is 238 g/mol. The number of anilines is 1. The largest absolute Gasteiger partial charge is 0.356 e. The standard InChI is InChI=1S/C15H19N3O/c1-11-6-4-5-7-13(11)18-10-12(2)17(3)15(19)14(18)8-9-16/h4-7,12,14H,8,10H2,1-3H3. The van der Waals surface area contributed by atoms with Crippen LogP contribution in [0.5, 0.6) is 0 Å². The summed E-state index contributed by atoms with van der Waals surface area (Å²) in [6.45, 7) is 4.83. The molecule has 1 aromatic rings. The lowest BCUT2D eigenvalue weighted by molar-refractivity contribution is -0.134. The Kier molecular flexibility index (Phi) is 3.75. The second-order valence-electron chi connectivity index (χ2n) is 5.12. The number of hydrogen-bond acceptors (Lipinski definition) is 3. The average molecular weight is 257 g/mol. The van der Waals surface area contributed by atoms with Gasteiger partial charge in [-0.05, 0) is 25.5 Å². The summed E-state index contributed by atoms with van der Waals surface area (Å²) in [5.74, 6) is 0.0311. The Morgan fingerprint density at radius 1 is 1.42 bits per heavy atom. The molecule has 0 bridgehead atoms. The van der Waals surface area contributed by atoms with Gasteiger partial charge in [-0.1, -0.05) is 18.2 Å². The number of nitriles is 1.